The van der Waals surface area contributed by atoms with Crippen molar-refractivity contribution in [2.75, 3.05) is 20.5 Å². The number of amides is 2. The fourth-order valence-electron chi connectivity index (χ4n) is 3.05. The van der Waals surface area contributed by atoms with Crippen molar-refractivity contribution in [2.45, 2.75) is 6.54 Å². The van der Waals surface area contributed by atoms with Crippen LogP contribution in [0.1, 0.15) is 11.1 Å². The Balaban J connectivity index is 1.55. The quantitative estimate of drug-likeness (QED) is 0.472. The number of halogens is 1. The molecular formula is C22H16ClNO6S. The highest BCUT2D eigenvalue weighted by Gasteiger charge is 2.35. The van der Waals surface area contributed by atoms with Gasteiger partial charge in [-0.2, -0.15) is 0 Å². The molecule has 0 atom stereocenters. The Hall–Kier alpha value is -3.28. The first kappa shape index (κ1) is 21.0. The van der Waals surface area contributed by atoms with E-state index in [1.54, 1.807) is 36.4 Å². The van der Waals surface area contributed by atoms with E-state index in [0.717, 1.165) is 16.7 Å². The van der Waals surface area contributed by atoms with Crippen LogP contribution < -0.4 is 18.9 Å². The molecule has 1 fully saturated rings. The van der Waals surface area contributed by atoms with E-state index in [9.17, 15) is 9.59 Å². The number of ether oxygens (including phenoxy) is 4. The summed E-state index contributed by atoms with van der Waals surface area (Å²) < 4.78 is 21.4. The zero-order chi connectivity index (χ0) is 22.0. The van der Waals surface area contributed by atoms with Gasteiger partial charge in [-0.25, -0.2) is 0 Å². The predicted molar refractivity (Wildman–Crippen MR) is 116 cm³/mol. The predicted octanol–water partition coefficient (Wildman–Crippen LogP) is 4.33. The molecule has 2 heterocycles. The van der Waals surface area contributed by atoms with Gasteiger partial charge in [-0.3, -0.25) is 14.5 Å². The van der Waals surface area contributed by atoms with E-state index in [0.29, 0.717) is 44.1 Å². The lowest BCUT2D eigenvalue weighted by molar-refractivity contribution is -0.123. The van der Waals surface area contributed by atoms with Crippen LogP contribution in [0.25, 0.3) is 6.08 Å². The van der Waals surface area contributed by atoms with Gasteiger partial charge in [0.1, 0.15) is 6.61 Å². The second-order valence-electron chi connectivity index (χ2n) is 6.47. The molecule has 0 radical (unpaired) electrons. The number of nitrogens with zero attached hydrogens (tertiary/aromatic N) is 1. The molecule has 7 nitrogen and oxygen atoms in total. The van der Waals surface area contributed by atoms with Gasteiger partial charge in [0, 0.05) is 11.1 Å². The minimum Gasteiger partial charge on any atom is -0.493 e. The number of methoxy groups -OCH3 is 1. The van der Waals surface area contributed by atoms with Crippen LogP contribution in [-0.2, 0) is 11.3 Å². The Kier molecular flexibility index (Phi) is 5.98. The summed E-state index contributed by atoms with van der Waals surface area (Å²) in [5.74, 6) is 4.00. The van der Waals surface area contributed by atoms with Crippen molar-refractivity contribution in [1.82, 2.24) is 4.90 Å². The lowest BCUT2D eigenvalue weighted by Gasteiger charge is -2.14. The minimum absolute atomic E-state index is 0.0274. The van der Waals surface area contributed by atoms with Crippen LogP contribution in [0.3, 0.4) is 0 Å². The van der Waals surface area contributed by atoms with Crippen LogP contribution in [0.15, 0.2) is 35.2 Å². The first-order valence-corrected chi connectivity index (χ1v) is 10.3. The van der Waals surface area contributed by atoms with Crippen LogP contribution in [0.2, 0.25) is 5.02 Å². The van der Waals surface area contributed by atoms with Gasteiger partial charge in [-0.1, -0.05) is 23.6 Å². The number of terminal acetylenes is 1. The first-order valence-electron chi connectivity index (χ1n) is 9.08. The number of imide groups is 1. The van der Waals surface area contributed by atoms with Gasteiger partial charge in [-0.15, -0.1) is 6.42 Å². The summed E-state index contributed by atoms with van der Waals surface area (Å²) in [6.45, 7) is 0.242. The number of carbonyl (C=O) groups excluding carboxylic acids is 2. The molecule has 0 spiro atoms. The molecule has 2 aromatic rings. The van der Waals surface area contributed by atoms with Crippen molar-refractivity contribution < 1.29 is 28.5 Å². The van der Waals surface area contributed by atoms with E-state index in [-0.39, 0.29) is 25.2 Å². The van der Waals surface area contributed by atoms with Crippen molar-refractivity contribution in [3.8, 4) is 35.3 Å². The highest BCUT2D eigenvalue weighted by Crippen LogP contribution is 2.39. The fourth-order valence-corrected chi connectivity index (χ4v) is 4.10. The third kappa shape index (κ3) is 4.29. The molecule has 0 N–H and O–H groups in total. The van der Waals surface area contributed by atoms with Crippen LogP contribution >= 0.6 is 23.4 Å². The van der Waals surface area contributed by atoms with E-state index in [1.165, 1.54) is 7.11 Å². The van der Waals surface area contributed by atoms with E-state index in [4.69, 9.17) is 37.0 Å². The van der Waals surface area contributed by atoms with Crippen molar-refractivity contribution in [1.29, 1.82) is 0 Å². The molecular weight excluding hydrogens is 442 g/mol. The van der Waals surface area contributed by atoms with E-state index in [2.05, 4.69) is 5.92 Å². The molecule has 2 amide bonds. The second-order valence-corrected chi connectivity index (χ2v) is 7.87. The number of hydrogen-bond acceptors (Lipinski definition) is 7. The van der Waals surface area contributed by atoms with E-state index < -0.39 is 5.91 Å². The van der Waals surface area contributed by atoms with Crippen LogP contribution in [0.4, 0.5) is 4.79 Å². The molecule has 9 heteroatoms. The molecule has 0 unspecified atom stereocenters. The molecule has 31 heavy (non-hydrogen) atoms. The number of carbonyl (C=O) groups is 2. The Morgan fingerprint density at radius 3 is 2.74 bits per heavy atom. The summed E-state index contributed by atoms with van der Waals surface area (Å²) in [4.78, 5) is 26.8. The maximum Gasteiger partial charge on any atom is 0.293 e. The van der Waals surface area contributed by atoms with Gasteiger partial charge in [0.2, 0.25) is 6.79 Å². The number of hydrogen-bond donors (Lipinski definition) is 0. The molecule has 1 saturated heterocycles. The Morgan fingerprint density at radius 1 is 1.23 bits per heavy atom. The lowest BCUT2D eigenvalue weighted by atomic mass is 10.1. The van der Waals surface area contributed by atoms with Crippen LogP contribution in [-0.4, -0.2) is 36.6 Å². The number of benzene rings is 2. The first-order chi connectivity index (χ1) is 15.0. The molecule has 0 aromatic heterocycles. The lowest BCUT2D eigenvalue weighted by Crippen LogP contribution is -2.27. The van der Waals surface area contributed by atoms with Crippen molar-refractivity contribution in [2.24, 2.45) is 0 Å². The molecule has 4 rings (SSSR count). The zero-order valence-corrected chi connectivity index (χ0v) is 17.9. The highest BCUT2D eigenvalue weighted by atomic mass is 35.5. The highest BCUT2D eigenvalue weighted by molar-refractivity contribution is 8.18. The van der Waals surface area contributed by atoms with Gasteiger partial charge >= 0.3 is 0 Å². The maximum atomic E-state index is 12.9. The third-order valence-corrected chi connectivity index (χ3v) is 5.80. The summed E-state index contributed by atoms with van der Waals surface area (Å²) >= 11 is 7.15. The van der Waals surface area contributed by atoms with Crippen molar-refractivity contribution >= 4 is 40.6 Å². The number of fused-ring (bicyclic) bond motifs is 1. The molecule has 0 aliphatic carbocycles. The average molecular weight is 458 g/mol. The minimum atomic E-state index is -0.407. The molecule has 158 valence electrons. The SMILES string of the molecule is C#CCOc1ccc(/C=C2\SC(=O)N(Cc3cc4c(cc3Cl)OCO4)C2=O)cc1OC. The second kappa shape index (κ2) is 8.84. The summed E-state index contributed by atoms with van der Waals surface area (Å²) in [5.41, 5.74) is 1.27. The van der Waals surface area contributed by atoms with E-state index in [1.807, 2.05) is 0 Å². The van der Waals surface area contributed by atoms with Crippen LogP contribution in [0.5, 0.6) is 23.0 Å². The average Bonchev–Trinajstić information content (AvgIpc) is 3.31. The molecule has 2 aromatic carbocycles. The molecule has 0 bridgehead atoms. The fraction of sp³-hybridized carbons (Fsp3) is 0.182. The molecule has 2 aliphatic rings. The maximum absolute atomic E-state index is 12.9. The van der Waals surface area contributed by atoms with Gasteiger partial charge in [-0.05, 0) is 47.2 Å². The summed E-state index contributed by atoms with van der Waals surface area (Å²) in [5, 5.41) is 0.00509. The number of rotatable bonds is 6. The summed E-state index contributed by atoms with van der Waals surface area (Å²) in [6, 6.07) is 8.44. The molecule has 0 saturated carbocycles. The van der Waals surface area contributed by atoms with Crippen molar-refractivity contribution in [3.63, 3.8) is 0 Å². The van der Waals surface area contributed by atoms with Gasteiger partial charge in [0.05, 0.1) is 18.6 Å². The Bertz CT molecular complexity index is 1140. The monoisotopic (exact) mass is 457 g/mol. The topological polar surface area (TPSA) is 74.3 Å². The summed E-state index contributed by atoms with van der Waals surface area (Å²) in [6.07, 6.45) is 6.84. The largest absolute Gasteiger partial charge is 0.493 e. The standard InChI is InChI=1S/C22H16ClNO6S/c1-3-6-28-16-5-4-13(7-17(16)27-2)8-20-21(25)24(22(26)31-20)11-14-9-18-19(10-15(14)23)30-12-29-18/h1,4-5,7-10H,6,11-12H2,2H3/b20-8-. The normalized spacial score (nSPS) is 16.0. The third-order valence-electron chi connectivity index (χ3n) is 4.54. The van der Waals surface area contributed by atoms with E-state index >= 15 is 0 Å². The molecule has 2 aliphatic heterocycles. The number of thioether (sulfide) groups is 1. The Morgan fingerprint density at radius 2 is 2.00 bits per heavy atom. The Labute approximate surface area is 187 Å². The van der Waals surface area contributed by atoms with Gasteiger partial charge in [0.25, 0.3) is 11.1 Å². The zero-order valence-electron chi connectivity index (χ0n) is 16.3. The van der Waals surface area contributed by atoms with Gasteiger partial charge < -0.3 is 18.9 Å². The van der Waals surface area contributed by atoms with Crippen molar-refractivity contribution in [3.05, 3.63) is 51.4 Å². The van der Waals surface area contributed by atoms with Gasteiger partial charge in [0.15, 0.2) is 23.0 Å². The van der Waals surface area contributed by atoms with Crippen LogP contribution in [0, 0.1) is 12.3 Å². The summed E-state index contributed by atoms with van der Waals surface area (Å²) in [7, 11) is 1.50. The smallest absolute Gasteiger partial charge is 0.293 e.